The average molecular weight is 411 g/mol. The second-order valence-corrected chi connectivity index (χ2v) is 7.78. The molecule has 5 rings (SSSR count). The molecule has 7 heteroatoms. The number of Topliss-reactive ketones (excluding diaryl/α,β-unsaturated/α-hetero) is 1. The van der Waals surface area contributed by atoms with Crippen molar-refractivity contribution in [3.8, 4) is 11.4 Å². The van der Waals surface area contributed by atoms with Gasteiger partial charge in [0.05, 0.1) is 0 Å². The Morgan fingerprint density at radius 1 is 1.07 bits per heavy atom. The van der Waals surface area contributed by atoms with Gasteiger partial charge in [-0.05, 0) is 25.0 Å². The van der Waals surface area contributed by atoms with Gasteiger partial charge < -0.3 is 5.32 Å². The van der Waals surface area contributed by atoms with E-state index < -0.39 is 6.04 Å². The predicted molar refractivity (Wildman–Crippen MR) is 110 cm³/mol. The Bertz CT molecular complexity index is 1120. The Balaban J connectivity index is 1.71. The highest BCUT2D eigenvalue weighted by Crippen LogP contribution is 2.42. The Kier molecular flexibility index (Phi) is 4.22. The summed E-state index contributed by atoms with van der Waals surface area (Å²) in [5.74, 6) is 1.33. The molecule has 0 bridgehead atoms. The van der Waals surface area contributed by atoms with Crippen LogP contribution in [0.25, 0.3) is 11.4 Å². The number of allylic oxidation sites excluding steroid dienone is 2. The van der Waals surface area contributed by atoms with Gasteiger partial charge in [0.1, 0.15) is 6.04 Å². The third kappa shape index (κ3) is 2.82. The highest BCUT2D eigenvalue weighted by Gasteiger charge is 2.37. The van der Waals surface area contributed by atoms with Crippen molar-refractivity contribution < 1.29 is 4.79 Å². The van der Waals surface area contributed by atoms with Crippen LogP contribution in [-0.4, -0.2) is 20.5 Å². The molecule has 5 nitrogen and oxygen atoms in total. The zero-order valence-corrected chi connectivity index (χ0v) is 16.3. The third-order valence-electron chi connectivity index (χ3n) is 5.16. The van der Waals surface area contributed by atoms with Gasteiger partial charge in [-0.15, -0.1) is 5.10 Å². The maximum Gasteiger partial charge on any atom is 0.226 e. The van der Waals surface area contributed by atoms with Crippen LogP contribution in [-0.2, 0) is 4.79 Å². The van der Waals surface area contributed by atoms with Crippen LogP contribution in [0.2, 0.25) is 10.0 Å². The van der Waals surface area contributed by atoms with Crippen molar-refractivity contribution in [2.75, 3.05) is 5.32 Å². The lowest BCUT2D eigenvalue weighted by Gasteiger charge is -2.32. The number of nitrogens with zero attached hydrogens (tertiary/aromatic N) is 3. The number of ketones is 1. The van der Waals surface area contributed by atoms with Crippen molar-refractivity contribution >= 4 is 34.9 Å². The number of rotatable bonds is 2. The summed E-state index contributed by atoms with van der Waals surface area (Å²) in [6.07, 6.45) is 2.15. The maximum absolute atomic E-state index is 12.8. The number of hydrogen-bond donors (Lipinski definition) is 1. The Morgan fingerprint density at radius 2 is 1.89 bits per heavy atom. The minimum Gasteiger partial charge on any atom is -0.328 e. The van der Waals surface area contributed by atoms with Gasteiger partial charge in [-0.2, -0.15) is 4.98 Å². The largest absolute Gasteiger partial charge is 0.328 e. The summed E-state index contributed by atoms with van der Waals surface area (Å²) in [6.45, 7) is 0. The summed E-state index contributed by atoms with van der Waals surface area (Å²) in [6, 6.07) is 14.7. The maximum atomic E-state index is 12.8. The molecule has 1 N–H and O–H groups in total. The van der Waals surface area contributed by atoms with Gasteiger partial charge in [0.15, 0.2) is 11.6 Å². The molecule has 28 heavy (non-hydrogen) atoms. The van der Waals surface area contributed by atoms with Gasteiger partial charge in [-0.3, -0.25) is 4.79 Å². The fourth-order valence-corrected chi connectivity index (χ4v) is 4.39. The fourth-order valence-electron chi connectivity index (χ4n) is 3.88. The Labute approximate surface area is 172 Å². The number of nitrogens with one attached hydrogen (secondary N) is 1. The molecule has 140 valence electrons. The summed E-state index contributed by atoms with van der Waals surface area (Å²) < 4.78 is 1.76. The van der Waals surface area contributed by atoms with E-state index in [0.29, 0.717) is 33.8 Å². The summed E-state index contributed by atoms with van der Waals surface area (Å²) in [7, 11) is 0. The first-order valence-corrected chi connectivity index (χ1v) is 9.87. The number of anilines is 1. The van der Waals surface area contributed by atoms with E-state index in [0.717, 1.165) is 29.7 Å². The van der Waals surface area contributed by atoms with Crippen LogP contribution in [0.3, 0.4) is 0 Å². The van der Waals surface area contributed by atoms with Gasteiger partial charge in [-0.1, -0.05) is 59.6 Å². The minimum absolute atomic E-state index is 0.118. The predicted octanol–water partition coefficient (Wildman–Crippen LogP) is 5.27. The van der Waals surface area contributed by atoms with E-state index in [9.17, 15) is 4.79 Å². The molecule has 1 atom stereocenters. The lowest BCUT2D eigenvalue weighted by atomic mass is 9.85. The Hall–Kier alpha value is -2.63. The number of carbonyl (C=O) groups is 1. The van der Waals surface area contributed by atoms with Gasteiger partial charge in [0.2, 0.25) is 5.95 Å². The van der Waals surface area contributed by atoms with E-state index in [2.05, 4.69) is 10.3 Å². The lowest BCUT2D eigenvalue weighted by Crippen LogP contribution is -2.31. The second kappa shape index (κ2) is 6.76. The highest BCUT2D eigenvalue weighted by molar-refractivity contribution is 6.35. The van der Waals surface area contributed by atoms with Crippen molar-refractivity contribution in [1.82, 2.24) is 14.8 Å². The molecule has 0 saturated carbocycles. The van der Waals surface area contributed by atoms with Crippen LogP contribution >= 0.6 is 23.2 Å². The number of fused-ring (bicyclic) bond motifs is 1. The standard InChI is InChI=1S/C21H16Cl2N4O/c22-13-9-10-14(15(23)11-13)19-18-16(7-4-8-17(18)28)24-21-25-20(26-27(19)21)12-5-2-1-3-6-12/h1-3,5-6,9-11,19H,4,7-8H2,(H,24,25,26)/t19-/m1/s1. The molecular formula is C21H16Cl2N4O. The monoisotopic (exact) mass is 410 g/mol. The molecule has 0 fully saturated rings. The van der Waals surface area contributed by atoms with Crippen LogP contribution in [0.5, 0.6) is 0 Å². The molecule has 2 heterocycles. The summed E-state index contributed by atoms with van der Waals surface area (Å²) in [5, 5.41) is 9.12. The van der Waals surface area contributed by atoms with Crippen molar-refractivity contribution in [3.63, 3.8) is 0 Å². The molecule has 2 aromatic carbocycles. The molecule has 0 amide bonds. The van der Waals surface area contributed by atoms with E-state index in [1.165, 1.54) is 0 Å². The molecule has 0 radical (unpaired) electrons. The highest BCUT2D eigenvalue weighted by atomic mass is 35.5. The van der Waals surface area contributed by atoms with Gasteiger partial charge in [0, 0.05) is 38.9 Å². The molecule has 0 unspecified atom stereocenters. The van der Waals surface area contributed by atoms with Gasteiger partial charge in [0.25, 0.3) is 0 Å². The van der Waals surface area contributed by atoms with E-state index in [-0.39, 0.29) is 5.78 Å². The lowest BCUT2D eigenvalue weighted by molar-refractivity contribution is -0.116. The molecule has 2 aliphatic rings. The minimum atomic E-state index is -0.422. The van der Waals surface area contributed by atoms with Crippen LogP contribution in [0, 0.1) is 0 Å². The van der Waals surface area contributed by atoms with Crippen LogP contribution in [0.1, 0.15) is 30.9 Å². The molecule has 0 saturated heterocycles. The Morgan fingerprint density at radius 3 is 2.68 bits per heavy atom. The van der Waals surface area contributed by atoms with E-state index >= 15 is 0 Å². The van der Waals surface area contributed by atoms with Gasteiger partial charge in [-0.25, -0.2) is 4.68 Å². The smallest absolute Gasteiger partial charge is 0.226 e. The van der Waals surface area contributed by atoms with E-state index in [4.69, 9.17) is 28.3 Å². The first-order chi connectivity index (χ1) is 13.6. The van der Waals surface area contributed by atoms with E-state index in [1.54, 1.807) is 16.8 Å². The molecule has 0 spiro atoms. The summed E-state index contributed by atoms with van der Waals surface area (Å²) in [4.78, 5) is 17.5. The molecule has 1 aliphatic carbocycles. The number of carbonyl (C=O) groups excluding carboxylic acids is 1. The number of aromatic nitrogens is 3. The van der Waals surface area contributed by atoms with Gasteiger partial charge >= 0.3 is 0 Å². The fraction of sp³-hybridized carbons (Fsp3) is 0.190. The SMILES string of the molecule is O=C1CCCC2=C1[C@@H](c1ccc(Cl)cc1Cl)n1nc(-c3ccccc3)nc1N2. The van der Waals surface area contributed by atoms with Crippen LogP contribution < -0.4 is 5.32 Å². The van der Waals surface area contributed by atoms with Crippen molar-refractivity contribution in [2.45, 2.75) is 25.3 Å². The first-order valence-electron chi connectivity index (χ1n) is 9.12. The molecule has 3 aromatic rings. The number of hydrogen-bond acceptors (Lipinski definition) is 4. The molecular weight excluding hydrogens is 395 g/mol. The zero-order valence-electron chi connectivity index (χ0n) is 14.8. The number of benzene rings is 2. The van der Waals surface area contributed by atoms with Crippen molar-refractivity contribution in [3.05, 3.63) is 75.4 Å². The van der Waals surface area contributed by atoms with E-state index in [1.807, 2.05) is 36.4 Å². The summed E-state index contributed by atoms with van der Waals surface area (Å²) in [5.41, 5.74) is 3.33. The molecule has 1 aliphatic heterocycles. The first kappa shape index (κ1) is 17.5. The topological polar surface area (TPSA) is 59.8 Å². The second-order valence-electron chi connectivity index (χ2n) is 6.93. The van der Waals surface area contributed by atoms with Crippen LogP contribution in [0.4, 0.5) is 5.95 Å². The van der Waals surface area contributed by atoms with Crippen molar-refractivity contribution in [1.29, 1.82) is 0 Å². The van der Waals surface area contributed by atoms with Crippen molar-refractivity contribution in [2.24, 2.45) is 0 Å². The zero-order chi connectivity index (χ0) is 19.3. The number of halogens is 2. The average Bonchev–Trinajstić information content (AvgIpc) is 3.12. The quantitative estimate of drug-likeness (QED) is 0.624. The normalized spacial score (nSPS) is 18.5. The third-order valence-corrected chi connectivity index (χ3v) is 5.72. The van der Waals surface area contributed by atoms with Crippen LogP contribution in [0.15, 0.2) is 59.8 Å². The molecule has 1 aromatic heterocycles. The summed E-state index contributed by atoms with van der Waals surface area (Å²) >= 11 is 12.6.